The van der Waals surface area contributed by atoms with Crippen molar-refractivity contribution in [3.8, 4) is 5.75 Å². The zero-order chi connectivity index (χ0) is 17.6. The Bertz CT molecular complexity index is 935. The van der Waals surface area contributed by atoms with Crippen molar-refractivity contribution in [2.24, 2.45) is 5.10 Å². The molecule has 126 valence electrons. The molecule has 0 heterocycles. The summed E-state index contributed by atoms with van der Waals surface area (Å²) in [6.45, 7) is 1.70. The molecule has 3 aromatic rings. The van der Waals surface area contributed by atoms with Crippen LogP contribution in [0.25, 0.3) is 10.8 Å². The summed E-state index contributed by atoms with van der Waals surface area (Å²) in [6.07, 6.45) is 0. The van der Waals surface area contributed by atoms with Crippen molar-refractivity contribution in [3.63, 3.8) is 0 Å². The van der Waals surface area contributed by atoms with Gasteiger partial charge in [-0.25, -0.2) is 5.43 Å². The Kier molecular flexibility index (Phi) is 4.95. The predicted molar refractivity (Wildman–Crippen MR) is 101 cm³/mol. The molecule has 0 aliphatic heterocycles. The Labute approximate surface area is 146 Å². The zero-order valence-electron chi connectivity index (χ0n) is 13.9. The summed E-state index contributed by atoms with van der Waals surface area (Å²) in [6, 6.07) is 21.0. The van der Waals surface area contributed by atoms with Crippen LogP contribution in [0.15, 0.2) is 71.8 Å². The van der Waals surface area contributed by atoms with E-state index in [9.17, 15) is 4.79 Å². The maximum absolute atomic E-state index is 11.9. The summed E-state index contributed by atoms with van der Waals surface area (Å²) in [5, 5.41) is 6.27. The van der Waals surface area contributed by atoms with Gasteiger partial charge in [0.05, 0.1) is 5.71 Å². The molecule has 0 radical (unpaired) electrons. The van der Waals surface area contributed by atoms with E-state index in [1.807, 2.05) is 54.6 Å². The number of anilines is 1. The summed E-state index contributed by atoms with van der Waals surface area (Å²) in [4.78, 5) is 11.9. The molecule has 0 aromatic heterocycles. The molecule has 0 unspecified atom stereocenters. The number of hydrazone groups is 1. The van der Waals surface area contributed by atoms with E-state index in [4.69, 9.17) is 10.5 Å². The molecule has 3 rings (SSSR count). The number of nitrogens with two attached hydrogens (primary N) is 1. The SMILES string of the molecule is CC(=NNC(=O)COc1ccc2ccccc2c1)c1cccc(N)c1. The van der Waals surface area contributed by atoms with Gasteiger partial charge < -0.3 is 10.5 Å². The van der Waals surface area contributed by atoms with Gasteiger partial charge in [0.1, 0.15) is 5.75 Å². The lowest BCUT2D eigenvalue weighted by atomic mass is 10.1. The normalized spacial score (nSPS) is 11.3. The molecule has 5 nitrogen and oxygen atoms in total. The van der Waals surface area contributed by atoms with Crippen LogP contribution in [-0.4, -0.2) is 18.2 Å². The molecule has 5 heteroatoms. The smallest absolute Gasteiger partial charge is 0.277 e. The molecule has 0 atom stereocenters. The van der Waals surface area contributed by atoms with Gasteiger partial charge in [0.15, 0.2) is 6.61 Å². The molecule has 25 heavy (non-hydrogen) atoms. The van der Waals surface area contributed by atoms with E-state index in [0.29, 0.717) is 17.1 Å². The minimum Gasteiger partial charge on any atom is -0.484 e. The second-order valence-electron chi connectivity index (χ2n) is 5.66. The first kappa shape index (κ1) is 16.5. The fourth-order valence-electron chi connectivity index (χ4n) is 2.41. The summed E-state index contributed by atoms with van der Waals surface area (Å²) in [5.74, 6) is 0.321. The third kappa shape index (κ3) is 4.35. The summed E-state index contributed by atoms with van der Waals surface area (Å²) in [7, 11) is 0. The molecule has 0 saturated carbocycles. The number of amides is 1. The Balaban J connectivity index is 1.57. The van der Waals surface area contributed by atoms with Crippen LogP contribution in [0.5, 0.6) is 5.75 Å². The lowest BCUT2D eigenvalue weighted by Gasteiger charge is -2.07. The van der Waals surface area contributed by atoms with E-state index in [1.54, 1.807) is 19.1 Å². The monoisotopic (exact) mass is 333 g/mol. The number of fused-ring (bicyclic) bond motifs is 1. The molecule has 0 fully saturated rings. The summed E-state index contributed by atoms with van der Waals surface area (Å²) < 4.78 is 5.53. The average Bonchev–Trinajstić information content (AvgIpc) is 2.64. The Morgan fingerprint density at radius 1 is 1.04 bits per heavy atom. The molecular formula is C20H19N3O2. The number of ether oxygens (including phenoxy) is 1. The van der Waals surface area contributed by atoms with Crippen molar-refractivity contribution in [1.82, 2.24) is 5.43 Å². The fourth-order valence-corrected chi connectivity index (χ4v) is 2.41. The zero-order valence-corrected chi connectivity index (χ0v) is 13.9. The maximum Gasteiger partial charge on any atom is 0.277 e. The molecule has 3 aromatic carbocycles. The van der Waals surface area contributed by atoms with Gasteiger partial charge in [-0.3, -0.25) is 4.79 Å². The van der Waals surface area contributed by atoms with Crippen LogP contribution >= 0.6 is 0 Å². The lowest BCUT2D eigenvalue weighted by Crippen LogP contribution is -2.25. The van der Waals surface area contributed by atoms with Crippen LogP contribution in [0, 0.1) is 0 Å². The van der Waals surface area contributed by atoms with Crippen LogP contribution < -0.4 is 15.9 Å². The number of carbonyl (C=O) groups excluding carboxylic acids is 1. The number of hydrogen-bond donors (Lipinski definition) is 2. The van der Waals surface area contributed by atoms with Crippen LogP contribution in [0.1, 0.15) is 12.5 Å². The van der Waals surface area contributed by atoms with E-state index in [-0.39, 0.29) is 12.5 Å². The van der Waals surface area contributed by atoms with Crippen LogP contribution in [0.2, 0.25) is 0 Å². The van der Waals surface area contributed by atoms with Crippen molar-refractivity contribution < 1.29 is 9.53 Å². The second-order valence-corrected chi connectivity index (χ2v) is 5.66. The van der Waals surface area contributed by atoms with E-state index in [1.165, 1.54) is 0 Å². The predicted octanol–water partition coefficient (Wildman–Crippen LogP) is 3.34. The Morgan fingerprint density at radius 2 is 1.84 bits per heavy atom. The summed E-state index contributed by atoms with van der Waals surface area (Å²) >= 11 is 0. The third-order valence-corrected chi connectivity index (χ3v) is 3.74. The fraction of sp³-hybridized carbons (Fsp3) is 0.100. The highest BCUT2D eigenvalue weighted by molar-refractivity contribution is 5.99. The highest BCUT2D eigenvalue weighted by atomic mass is 16.5. The largest absolute Gasteiger partial charge is 0.484 e. The van der Waals surface area contributed by atoms with Crippen molar-refractivity contribution in [1.29, 1.82) is 0 Å². The Hall–Kier alpha value is -3.34. The van der Waals surface area contributed by atoms with Gasteiger partial charge in [-0.2, -0.15) is 5.10 Å². The molecular weight excluding hydrogens is 314 g/mol. The van der Waals surface area contributed by atoms with Crippen molar-refractivity contribution in [2.45, 2.75) is 6.92 Å². The minimum absolute atomic E-state index is 0.105. The molecule has 0 spiro atoms. The van der Waals surface area contributed by atoms with Gasteiger partial charge in [-0.05, 0) is 47.5 Å². The number of nitrogens with one attached hydrogen (secondary N) is 1. The minimum atomic E-state index is -0.323. The number of nitrogens with zero attached hydrogens (tertiary/aromatic N) is 1. The molecule has 0 bridgehead atoms. The average molecular weight is 333 g/mol. The Morgan fingerprint density at radius 3 is 2.64 bits per heavy atom. The number of carbonyl (C=O) groups is 1. The lowest BCUT2D eigenvalue weighted by molar-refractivity contribution is -0.123. The second kappa shape index (κ2) is 7.49. The van der Waals surface area contributed by atoms with Gasteiger partial charge in [-0.1, -0.05) is 42.5 Å². The molecule has 1 amide bonds. The van der Waals surface area contributed by atoms with E-state index in [0.717, 1.165) is 16.3 Å². The van der Waals surface area contributed by atoms with E-state index < -0.39 is 0 Å². The summed E-state index contributed by atoms with van der Waals surface area (Å²) in [5.41, 5.74) is 10.4. The maximum atomic E-state index is 11.9. The molecule has 0 aliphatic rings. The number of nitrogen functional groups attached to an aromatic ring is 1. The van der Waals surface area contributed by atoms with Gasteiger partial charge in [0.25, 0.3) is 5.91 Å². The number of rotatable bonds is 5. The van der Waals surface area contributed by atoms with Crippen LogP contribution in [-0.2, 0) is 4.79 Å². The van der Waals surface area contributed by atoms with Crippen molar-refractivity contribution in [2.75, 3.05) is 12.3 Å². The molecule has 3 N–H and O–H groups in total. The standard InChI is InChI=1S/C20H19N3O2/c1-14(16-7-4-8-18(21)11-16)22-23-20(24)13-25-19-10-9-15-5-2-3-6-17(15)12-19/h2-12H,13,21H2,1H3,(H,23,24). The first-order chi connectivity index (χ1) is 12.1. The van der Waals surface area contributed by atoms with Gasteiger partial charge in [-0.15, -0.1) is 0 Å². The first-order valence-electron chi connectivity index (χ1n) is 7.92. The number of hydrogen-bond acceptors (Lipinski definition) is 4. The van der Waals surface area contributed by atoms with Gasteiger partial charge >= 0.3 is 0 Å². The van der Waals surface area contributed by atoms with Crippen molar-refractivity contribution in [3.05, 3.63) is 72.3 Å². The molecule has 0 aliphatic carbocycles. The highest BCUT2D eigenvalue weighted by Gasteiger charge is 2.04. The quantitative estimate of drug-likeness (QED) is 0.427. The first-order valence-corrected chi connectivity index (χ1v) is 7.92. The van der Waals surface area contributed by atoms with E-state index >= 15 is 0 Å². The van der Waals surface area contributed by atoms with Crippen molar-refractivity contribution >= 4 is 28.1 Å². The highest BCUT2D eigenvalue weighted by Crippen LogP contribution is 2.20. The third-order valence-electron chi connectivity index (χ3n) is 3.74. The van der Waals surface area contributed by atoms with E-state index in [2.05, 4.69) is 10.5 Å². The van der Waals surface area contributed by atoms with Crippen LogP contribution in [0.4, 0.5) is 5.69 Å². The number of benzene rings is 3. The van der Waals surface area contributed by atoms with Crippen LogP contribution in [0.3, 0.4) is 0 Å². The topological polar surface area (TPSA) is 76.7 Å². The molecule has 0 saturated heterocycles. The van der Waals surface area contributed by atoms with Gasteiger partial charge in [0, 0.05) is 5.69 Å². The van der Waals surface area contributed by atoms with Gasteiger partial charge in [0.2, 0.25) is 0 Å².